The lowest BCUT2D eigenvalue weighted by molar-refractivity contribution is 0.600. The molecule has 4 nitrogen and oxygen atoms in total. The number of nitrogens with one attached hydrogen (secondary N) is 1. The number of hydrogen-bond donors (Lipinski definition) is 1. The van der Waals surface area contributed by atoms with Crippen LogP contribution in [0.2, 0.25) is 5.02 Å². The Morgan fingerprint density at radius 2 is 1.85 bits per heavy atom. The molecule has 1 aromatic heterocycles. The Balaban J connectivity index is 2.43. The maximum atomic E-state index is 12.4. The van der Waals surface area contributed by atoms with Gasteiger partial charge in [0.15, 0.2) is 0 Å². The van der Waals surface area contributed by atoms with Crippen molar-refractivity contribution >= 4 is 27.4 Å². The van der Waals surface area contributed by atoms with Crippen LogP contribution in [0.25, 0.3) is 0 Å². The number of anilines is 1. The van der Waals surface area contributed by atoms with E-state index in [2.05, 4.69) is 9.71 Å². The third-order valence-electron chi connectivity index (χ3n) is 2.84. The number of aromatic nitrogens is 1. The molecule has 0 unspecified atom stereocenters. The van der Waals surface area contributed by atoms with Crippen LogP contribution in [0, 0.1) is 20.8 Å². The van der Waals surface area contributed by atoms with Crippen LogP contribution in [0.4, 0.5) is 5.82 Å². The highest BCUT2D eigenvalue weighted by molar-refractivity contribution is 7.92. The van der Waals surface area contributed by atoms with E-state index in [1.54, 1.807) is 25.1 Å². The van der Waals surface area contributed by atoms with Crippen LogP contribution in [0.3, 0.4) is 0 Å². The van der Waals surface area contributed by atoms with Gasteiger partial charge in [-0.05, 0) is 56.2 Å². The van der Waals surface area contributed by atoms with Crippen molar-refractivity contribution in [2.75, 3.05) is 4.72 Å². The van der Waals surface area contributed by atoms with Gasteiger partial charge in [-0.3, -0.25) is 4.72 Å². The van der Waals surface area contributed by atoms with Gasteiger partial charge >= 0.3 is 0 Å². The molecule has 6 heteroatoms. The number of pyridine rings is 1. The molecule has 0 atom stereocenters. The van der Waals surface area contributed by atoms with Crippen LogP contribution >= 0.6 is 11.6 Å². The quantitative estimate of drug-likeness (QED) is 0.944. The standard InChI is InChI=1S/C14H15ClN2O2S/c1-9-7-10(2)16-14(8-9)17-20(18,19)13-6-4-5-12(15)11(13)3/h4-8H,1-3H3,(H,16,17). The summed E-state index contributed by atoms with van der Waals surface area (Å²) in [6.07, 6.45) is 0. The summed E-state index contributed by atoms with van der Waals surface area (Å²) in [5.41, 5.74) is 2.22. The Morgan fingerprint density at radius 1 is 1.15 bits per heavy atom. The first-order valence-electron chi connectivity index (χ1n) is 6.03. The fourth-order valence-electron chi connectivity index (χ4n) is 1.97. The van der Waals surface area contributed by atoms with Gasteiger partial charge in [0.25, 0.3) is 10.0 Å². The molecule has 0 aliphatic carbocycles. The van der Waals surface area contributed by atoms with E-state index in [1.165, 1.54) is 6.07 Å². The Morgan fingerprint density at radius 3 is 2.50 bits per heavy atom. The molecule has 0 aliphatic rings. The van der Waals surface area contributed by atoms with E-state index in [0.717, 1.165) is 11.3 Å². The van der Waals surface area contributed by atoms with Crippen LogP contribution in [0.5, 0.6) is 0 Å². The van der Waals surface area contributed by atoms with E-state index >= 15 is 0 Å². The van der Waals surface area contributed by atoms with Crippen LogP contribution in [0.15, 0.2) is 35.2 Å². The molecular formula is C14H15ClN2O2S. The van der Waals surface area contributed by atoms with Crippen molar-refractivity contribution in [2.45, 2.75) is 25.7 Å². The number of rotatable bonds is 3. The van der Waals surface area contributed by atoms with Crippen molar-refractivity contribution in [1.82, 2.24) is 4.98 Å². The molecule has 0 saturated carbocycles. The van der Waals surface area contributed by atoms with E-state index in [4.69, 9.17) is 11.6 Å². The average molecular weight is 311 g/mol. The second kappa shape index (κ2) is 5.42. The van der Waals surface area contributed by atoms with Crippen molar-refractivity contribution < 1.29 is 8.42 Å². The molecule has 0 radical (unpaired) electrons. The van der Waals surface area contributed by atoms with E-state index in [-0.39, 0.29) is 4.90 Å². The second-order valence-electron chi connectivity index (χ2n) is 4.64. The molecule has 2 rings (SSSR count). The maximum Gasteiger partial charge on any atom is 0.263 e. The summed E-state index contributed by atoms with van der Waals surface area (Å²) < 4.78 is 27.3. The molecule has 106 valence electrons. The molecule has 1 aromatic carbocycles. The minimum Gasteiger partial charge on any atom is -0.263 e. The number of halogens is 1. The van der Waals surface area contributed by atoms with Crippen LogP contribution in [-0.2, 0) is 10.0 Å². The summed E-state index contributed by atoms with van der Waals surface area (Å²) in [5, 5.41) is 0.418. The summed E-state index contributed by atoms with van der Waals surface area (Å²) in [5.74, 6) is 0.307. The predicted molar refractivity (Wildman–Crippen MR) is 80.7 cm³/mol. The smallest absolute Gasteiger partial charge is 0.263 e. The first kappa shape index (κ1) is 14.8. The molecule has 20 heavy (non-hydrogen) atoms. The van der Waals surface area contributed by atoms with Gasteiger partial charge in [0, 0.05) is 10.7 Å². The fraction of sp³-hybridized carbons (Fsp3) is 0.214. The molecule has 2 aromatic rings. The van der Waals surface area contributed by atoms with Gasteiger partial charge in [-0.1, -0.05) is 17.7 Å². The second-order valence-corrected chi connectivity index (χ2v) is 6.70. The van der Waals surface area contributed by atoms with Gasteiger partial charge in [-0.15, -0.1) is 0 Å². The van der Waals surface area contributed by atoms with Crippen molar-refractivity contribution in [3.63, 3.8) is 0 Å². The third-order valence-corrected chi connectivity index (χ3v) is 4.75. The Bertz CT molecular complexity index is 738. The maximum absolute atomic E-state index is 12.4. The number of aryl methyl sites for hydroxylation is 2. The highest BCUT2D eigenvalue weighted by atomic mass is 35.5. The number of benzene rings is 1. The van der Waals surface area contributed by atoms with Gasteiger partial charge in [0.1, 0.15) is 5.82 Å². The summed E-state index contributed by atoms with van der Waals surface area (Å²) in [6.45, 7) is 5.37. The van der Waals surface area contributed by atoms with Gasteiger partial charge in [-0.25, -0.2) is 13.4 Å². The SMILES string of the molecule is Cc1cc(C)nc(NS(=O)(=O)c2cccc(Cl)c2C)c1. The molecule has 0 bridgehead atoms. The summed E-state index contributed by atoms with van der Waals surface area (Å²) in [7, 11) is -3.70. The monoisotopic (exact) mass is 310 g/mol. The zero-order valence-electron chi connectivity index (χ0n) is 11.4. The van der Waals surface area contributed by atoms with E-state index in [1.807, 2.05) is 19.9 Å². The van der Waals surface area contributed by atoms with Crippen LogP contribution < -0.4 is 4.72 Å². The van der Waals surface area contributed by atoms with Gasteiger partial charge in [0.2, 0.25) is 0 Å². The summed E-state index contributed by atoms with van der Waals surface area (Å²) in [4.78, 5) is 4.33. The lowest BCUT2D eigenvalue weighted by Gasteiger charge is -2.11. The van der Waals surface area contributed by atoms with E-state index < -0.39 is 10.0 Å². The van der Waals surface area contributed by atoms with Crippen molar-refractivity contribution in [3.05, 3.63) is 52.2 Å². The summed E-state index contributed by atoms with van der Waals surface area (Å²) >= 11 is 5.97. The van der Waals surface area contributed by atoms with Crippen LogP contribution in [-0.4, -0.2) is 13.4 Å². The first-order chi connectivity index (χ1) is 9.29. The molecule has 0 fully saturated rings. The summed E-state index contributed by atoms with van der Waals surface area (Å²) in [6, 6.07) is 8.35. The average Bonchev–Trinajstić information content (AvgIpc) is 2.30. The minimum absolute atomic E-state index is 0.158. The third kappa shape index (κ3) is 3.11. The Labute approximate surface area is 123 Å². The highest BCUT2D eigenvalue weighted by Crippen LogP contribution is 2.24. The minimum atomic E-state index is -3.70. The molecule has 0 saturated heterocycles. The molecule has 0 spiro atoms. The molecular weight excluding hydrogens is 296 g/mol. The zero-order chi connectivity index (χ0) is 14.9. The molecule has 0 amide bonds. The first-order valence-corrected chi connectivity index (χ1v) is 7.89. The number of nitrogens with zero attached hydrogens (tertiary/aromatic N) is 1. The van der Waals surface area contributed by atoms with Crippen molar-refractivity contribution in [1.29, 1.82) is 0 Å². The largest absolute Gasteiger partial charge is 0.263 e. The molecule has 1 heterocycles. The topological polar surface area (TPSA) is 59.1 Å². The van der Waals surface area contributed by atoms with E-state index in [9.17, 15) is 8.42 Å². The van der Waals surface area contributed by atoms with Gasteiger partial charge in [-0.2, -0.15) is 0 Å². The number of sulfonamides is 1. The van der Waals surface area contributed by atoms with Gasteiger partial charge in [0.05, 0.1) is 4.90 Å². The lowest BCUT2D eigenvalue weighted by atomic mass is 10.2. The fourth-order valence-corrected chi connectivity index (χ4v) is 3.46. The normalized spacial score (nSPS) is 11.4. The number of hydrogen-bond acceptors (Lipinski definition) is 3. The predicted octanol–water partition coefficient (Wildman–Crippen LogP) is 3.46. The Kier molecular flexibility index (Phi) is 4.01. The van der Waals surface area contributed by atoms with E-state index in [0.29, 0.717) is 16.4 Å². The highest BCUT2D eigenvalue weighted by Gasteiger charge is 2.18. The van der Waals surface area contributed by atoms with Crippen molar-refractivity contribution in [3.8, 4) is 0 Å². The van der Waals surface area contributed by atoms with Gasteiger partial charge < -0.3 is 0 Å². The molecule has 1 N–H and O–H groups in total. The zero-order valence-corrected chi connectivity index (χ0v) is 13.0. The Hall–Kier alpha value is -1.59. The van der Waals surface area contributed by atoms with Crippen molar-refractivity contribution in [2.24, 2.45) is 0 Å². The lowest BCUT2D eigenvalue weighted by Crippen LogP contribution is -2.15. The van der Waals surface area contributed by atoms with Crippen LogP contribution in [0.1, 0.15) is 16.8 Å². The molecule has 0 aliphatic heterocycles.